The van der Waals surface area contributed by atoms with Crippen molar-refractivity contribution in [2.24, 2.45) is 5.92 Å². The van der Waals surface area contributed by atoms with E-state index in [1.807, 2.05) is 13.0 Å². The van der Waals surface area contributed by atoms with E-state index in [0.717, 1.165) is 29.8 Å². The fraction of sp³-hybridized carbons (Fsp3) is 0.429. The van der Waals surface area contributed by atoms with Crippen molar-refractivity contribution in [1.82, 2.24) is 5.32 Å². The molecule has 1 aromatic carbocycles. The summed E-state index contributed by atoms with van der Waals surface area (Å²) in [5.41, 5.74) is 4.03. The van der Waals surface area contributed by atoms with Gasteiger partial charge in [-0.05, 0) is 74.3 Å². The first-order valence-electron chi connectivity index (χ1n) is 9.43. The molecule has 1 aromatic heterocycles. The number of hydrogen-bond donors (Lipinski definition) is 2. The Balaban J connectivity index is 1.39. The van der Waals surface area contributed by atoms with Gasteiger partial charge in [0.1, 0.15) is 0 Å². The minimum absolute atomic E-state index is 0.0404. The molecule has 4 nitrogen and oxygen atoms in total. The summed E-state index contributed by atoms with van der Waals surface area (Å²) in [7, 11) is 0. The van der Waals surface area contributed by atoms with Crippen LogP contribution >= 0.6 is 11.3 Å². The number of rotatable bonds is 5. The third-order valence-electron chi connectivity index (χ3n) is 5.24. The first-order chi connectivity index (χ1) is 12.6. The Morgan fingerprint density at radius 1 is 1.08 bits per heavy atom. The number of carbonyl (C=O) groups excluding carboxylic acids is 2. The van der Waals surface area contributed by atoms with Crippen molar-refractivity contribution in [2.75, 3.05) is 5.32 Å². The van der Waals surface area contributed by atoms with Crippen molar-refractivity contribution < 1.29 is 9.59 Å². The monoisotopic (exact) mass is 368 g/mol. The van der Waals surface area contributed by atoms with Crippen molar-refractivity contribution in [3.63, 3.8) is 0 Å². The van der Waals surface area contributed by atoms with E-state index in [9.17, 15) is 9.59 Å². The minimum Gasteiger partial charge on any atom is -0.345 e. The summed E-state index contributed by atoms with van der Waals surface area (Å²) in [6.45, 7) is 2.02. The normalized spacial score (nSPS) is 17.3. The fourth-order valence-corrected chi connectivity index (χ4v) is 4.28. The molecule has 2 amide bonds. The van der Waals surface area contributed by atoms with E-state index in [-0.39, 0.29) is 23.8 Å². The molecular formula is C21H24N2O2S. The molecule has 2 aliphatic carbocycles. The molecule has 136 valence electrons. The molecule has 26 heavy (non-hydrogen) atoms. The van der Waals surface area contributed by atoms with Gasteiger partial charge in [-0.15, -0.1) is 11.3 Å². The summed E-state index contributed by atoms with van der Waals surface area (Å²) in [4.78, 5) is 25.0. The maximum Gasteiger partial charge on any atom is 0.261 e. The summed E-state index contributed by atoms with van der Waals surface area (Å²) >= 11 is 1.33. The first kappa shape index (κ1) is 17.3. The van der Waals surface area contributed by atoms with Crippen molar-refractivity contribution in [3.8, 4) is 0 Å². The largest absolute Gasteiger partial charge is 0.345 e. The Labute approximate surface area is 158 Å². The molecule has 2 aliphatic rings. The lowest BCUT2D eigenvalue weighted by Gasteiger charge is -2.20. The quantitative estimate of drug-likeness (QED) is 0.818. The number of hydrogen-bond acceptors (Lipinski definition) is 3. The highest BCUT2D eigenvalue weighted by Gasteiger charge is 2.30. The lowest BCUT2D eigenvalue weighted by Crippen LogP contribution is -2.26. The summed E-state index contributed by atoms with van der Waals surface area (Å²) in [5.74, 6) is 0.145. The van der Waals surface area contributed by atoms with Crippen molar-refractivity contribution in [2.45, 2.75) is 51.5 Å². The number of thiophene rings is 1. The van der Waals surface area contributed by atoms with E-state index in [1.54, 1.807) is 6.07 Å². The number of aryl methyl sites for hydroxylation is 2. The van der Waals surface area contributed by atoms with E-state index in [0.29, 0.717) is 4.88 Å². The molecule has 2 aromatic rings. The number of fused-ring (bicyclic) bond motifs is 1. The molecular weight excluding hydrogens is 344 g/mol. The second kappa shape index (κ2) is 7.23. The van der Waals surface area contributed by atoms with Crippen LogP contribution in [0.2, 0.25) is 0 Å². The Morgan fingerprint density at radius 3 is 2.62 bits per heavy atom. The van der Waals surface area contributed by atoms with Gasteiger partial charge in [-0.25, -0.2) is 0 Å². The van der Waals surface area contributed by atoms with Crippen LogP contribution in [0.4, 0.5) is 5.00 Å². The molecule has 4 rings (SSSR count). The van der Waals surface area contributed by atoms with E-state index in [2.05, 4.69) is 28.8 Å². The lowest BCUT2D eigenvalue weighted by molar-refractivity contribution is -0.117. The van der Waals surface area contributed by atoms with Gasteiger partial charge in [0.05, 0.1) is 15.9 Å². The third-order valence-corrected chi connectivity index (χ3v) is 6.24. The van der Waals surface area contributed by atoms with Gasteiger partial charge in [-0.1, -0.05) is 18.2 Å². The standard InChI is InChI=1S/C21H24N2O2S/c1-13(16-9-6-14-4-2-3-5-17(14)12-16)22-21(25)18-10-11-19(26-18)23-20(24)15-7-8-15/h6,9-13,15H,2-5,7-8H2,1H3,(H,22,25)(H,23,24). The van der Waals surface area contributed by atoms with Crippen LogP contribution in [0.25, 0.3) is 0 Å². The molecule has 1 heterocycles. The van der Waals surface area contributed by atoms with Gasteiger partial charge in [0, 0.05) is 5.92 Å². The van der Waals surface area contributed by atoms with Crippen molar-refractivity contribution >= 4 is 28.2 Å². The van der Waals surface area contributed by atoms with Crippen LogP contribution in [0.5, 0.6) is 0 Å². The molecule has 1 atom stereocenters. The highest BCUT2D eigenvalue weighted by atomic mass is 32.1. The topological polar surface area (TPSA) is 58.2 Å². The zero-order valence-corrected chi connectivity index (χ0v) is 15.8. The predicted molar refractivity (Wildman–Crippen MR) is 105 cm³/mol. The molecule has 5 heteroatoms. The van der Waals surface area contributed by atoms with Crippen LogP contribution < -0.4 is 10.6 Å². The minimum atomic E-state index is -0.0906. The first-order valence-corrected chi connectivity index (χ1v) is 10.2. The molecule has 1 unspecified atom stereocenters. The molecule has 0 radical (unpaired) electrons. The average molecular weight is 369 g/mol. The highest BCUT2D eigenvalue weighted by molar-refractivity contribution is 7.18. The van der Waals surface area contributed by atoms with E-state index >= 15 is 0 Å². The van der Waals surface area contributed by atoms with Crippen LogP contribution in [0.1, 0.15) is 65.0 Å². The number of nitrogens with one attached hydrogen (secondary N) is 2. The van der Waals surface area contributed by atoms with Gasteiger partial charge < -0.3 is 10.6 Å². The molecule has 0 spiro atoms. The number of benzene rings is 1. The Hall–Kier alpha value is -2.14. The zero-order chi connectivity index (χ0) is 18.1. The Morgan fingerprint density at radius 2 is 1.85 bits per heavy atom. The Kier molecular flexibility index (Phi) is 4.81. The Bertz CT molecular complexity index is 838. The summed E-state index contributed by atoms with van der Waals surface area (Å²) < 4.78 is 0. The van der Waals surface area contributed by atoms with Gasteiger partial charge in [0.15, 0.2) is 0 Å². The number of anilines is 1. The summed E-state index contributed by atoms with van der Waals surface area (Å²) in [5, 5.41) is 6.72. The second-order valence-corrected chi connectivity index (χ2v) is 8.44. The van der Waals surface area contributed by atoms with Gasteiger partial charge in [0.2, 0.25) is 5.91 Å². The van der Waals surface area contributed by atoms with Crippen LogP contribution in [0.3, 0.4) is 0 Å². The van der Waals surface area contributed by atoms with Crippen molar-refractivity contribution in [3.05, 3.63) is 51.9 Å². The van der Waals surface area contributed by atoms with Crippen molar-refractivity contribution in [1.29, 1.82) is 0 Å². The summed E-state index contributed by atoms with van der Waals surface area (Å²) in [6.07, 6.45) is 6.78. The molecule has 1 fully saturated rings. The van der Waals surface area contributed by atoms with Crippen LogP contribution in [0.15, 0.2) is 30.3 Å². The smallest absolute Gasteiger partial charge is 0.261 e. The van der Waals surface area contributed by atoms with E-state index in [4.69, 9.17) is 0 Å². The van der Waals surface area contributed by atoms with Gasteiger partial charge in [-0.3, -0.25) is 9.59 Å². The lowest BCUT2D eigenvalue weighted by atomic mass is 9.89. The fourth-order valence-electron chi connectivity index (χ4n) is 3.47. The average Bonchev–Trinajstić information content (AvgIpc) is 3.41. The third kappa shape index (κ3) is 3.83. The van der Waals surface area contributed by atoms with Gasteiger partial charge in [0.25, 0.3) is 5.91 Å². The second-order valence-electron chi connectivity index (χ2n) is 7.36. The van der Waals surface area contributed by atoms with E-state index < -0.39 is 0 Å². The molecule has 0 bridgehead atoms. The molecule has 0 saturated heterocycles. The highest BCUT2D eigenvalue weighted by Crippen LogP contribution is 2.32. The number of carbonyl (C=O) groups is 2. The van der Waals surface area contributed by atoms with Gasteiger partial charge in [-0.2, -0.15) is 0 Å². The zero-order valence-electron chi connectivity index (χ0n) is 15.0. The van der Waals surface area contributed by atoms with Crippen LogP contribution in [-0.4, -0.2) is 11.8 Å². The molecule has 1 saturated carbocycles. The van der Waals surface area contributed by atoms with Crippen LogP contribution in [0, 0.1) is 5.92 Å². The SMILES string of the molecule is CC(NC(=O)c1ccc(NC(=O)C2CC2)s1)c1ccc2c(c1)CCCC2. The van der Waals surface area contributed by atoms with Crippen LogP contribution in [-0.2, 0) is 17.6 Å². The van der Waals surface area contributed by atoms with E-state index in [1.165, 1.54) is 41.7 Å². The molecule has 0 aliphatic heterocycles. The summed E-state index contributed by atoms with van der Waals surface area (Å²) in [6, 6.07) is 10.1. The maximum atomic E-state index is 12.5. The number of amides is 2. The van der Waals surface area contributed by atoms with Gasteiger partial charge >= 0.3 is 0 Å². The predicted octanol–water partition coefficient (Wildman–Crippen LogP) is 4.47. The molecule has 2 N–H and O–H groups in total. The maximum absolute atomic E-state index is 12.5.